The van der Waals surface area contributed by atoms with Crippen LogP contribution in [0.15, 0.2) is 0 Å². The lowest BCUT2D eigenvalue weighted by molar-refractivity contribution is 0.388. The standard InChI is InChI=1S/6FHO2Si.H3N/c6*1-4(2)3;/h6*2H;1H3/p+1. The lowest BCUT2D eigenvalue weighted by Crippen LogP contribution is -1.79. The normalized spacial score (nSPS) is 6.00. The highest BCUT2D eigenvalue weighted by Gasteiger charge is 1.89. The van der Waals surface area contributed by atoms with Gasteiger partial charge in [-0.15, -0.1) is 0 Å². The molecule has 0 heterocycles. The Kier molecular flexibility index (Phi) is 66.7. The summed E-state index contributed by atoms with van der Waals surface area (Å²) in [6.07, 6.45) is 0. The maximum Gasteiger partial charge on any atom is 1.00 e. The van der Waals surface area contributed by atoms with Gasteiger partial charge < -0.3 is 34.9 Å². The van der Waals surface area contributed by atoms with Crippen molar-refractivity contribution in [2.24, 2.45) is 0 Å². The molecule has 0 radical (unpaired) electrons. The first kappa shape index (κ1) is 43.7. The number of rotatable bonds is 0. The highest BCUT2D eigenvalue weighted by Crippen LogP contribution is 1.48. The van der Waals surface area contributed by atoms with Crippen molar-refractivity contribution in [1.82, 2.24) is 6.15 Å². The van der Waals surface area contributed by atoms with E-state index in [4.69, 9.17) is 55.5 Å². The van der Waals surface area contributed by atoms with Crippen LogP contribution in [0.3, 0.4) is 0 Å². The minimum Gasteiger partial charge on any atom is -0.517 e. The maximum atomic E-state index is 10.1. The van der Waals surface area contributed by atoms with Gasteiger partial charge in [0.05, 0.1) is 0 Å². The molecule has 9 N–H and O–H groups in total. The van der Waals surface area contributed by atoms with Crippen molar-refractivity contribution in [3.63, 3.8) is 0 Å². The van der Waals surface area contributed by atoms with Gasteiger partial charge in [-0.3, -0.25) is 26.8 Å². The second kappa shape index (κ2) is 38.2. The molecule has 0 saturated heterocycles. The minimum absolute atomic E-state index is 0. The van der Waals surface area contributed by atoms with Crippen molar-refractivity contribution in [1.29, 1.82) is 0 Å². The largest absolute Gasteiger partial charge is 1.00 e. The van der Waals surface area contributed by atoms with E-state index in [1.165, 1.54) is 0 Å². The van der Waals surface area contributed by atoms with Crippen LogP contribution >= 0.6 is 0 Å². The van der Waals surface area contributed by atoms with Crippen LogP contribution in [0.2, 0.25) is 0 Å². The zero-order valence-corrected chi connectivity index (χ0v) is 17.1. The summed E-state index contributed by atoms with van der Waals surface area (Å²) in [5, 5.41) is 0. The summed E-state index contributed by atoms with van der Waals surface area (Å²) in [7, 11) is -21.8. The fourth-order valence-electron chi connectivity index (χ4n) is 0. The first-order valence-corrected chi connectivity index (χ1v) is 11.1. The Hall–Kier alpha value is -1.56. The summed E-state index contributed by atoms with van der Waals surface area (Å²) >= 11 is 0. The van der Waals surface area contributed by atoms with Crippen molar-refractivity contribution >= 4 is 55.6 Å². The van der Waals surface area contributed by atoms with Gasteiger partial charge >= 0.3 is 57.0 Å². The second-order valence-electron chi connectivity index (χ2n) is 1.52. The van der Waals surface area contributed by atoms with Gasteiger partial charge in [-0.1, -0.05) is 0 Å². The fourth-order valence-corrected chi connectivity index (χ4v) is 0. The topological polar surface area (TPSA) is 259 Å². The second-order valence-corrected chi connectivity index (χ2v) is 4.55. The predicted molar refractivity (Wildman–Crippen MR) is 64.7 cm³/mol. The van der Waals surface area contributed by atoms with E-state index in [9.17, 15) is 24.6 Å². The molecular formula is H10F6NO12Si6+. The van der Waals surface area contributed by atoms with Crippen LogP contribution in [0.4, 0.5) is 24.6 Å². The molecule has 0 atom stereocenters. The lowest BCUT2D eigenvalue weighted by Gasteiger charge is -1.49. The van der Waals surface area contributed by atoms with Gasteiger partial charge in [0.25, 0.3) is 0 Å². The van der Waals surface area contributed by atoms with Crippen LogP contribution in [-0.4, -0.2) is 84.3 Å². The highest BCUT2D eigenvalue weighted by atomic mass is 28.3. The third kappa shape index (κ3) is 3860. The molecule has 0 aromatic carbocycles. The zero-order chi connectivity index (χ0) is 21.5. The molecule has 0 aromatic rings. The van der Waals surface area contributed by atoms with E-state index in [0.29, 0.717) is 0 Å². The molecule has 25 heavy (non-hydrogen) atoms. The molecule has 0 aliphatic carbocycles. The molecule has 0 saturated carbocycles. The Morgan fingerprint density at radius 3 is 0.400 bits per heavy atom. The summed E-state index contributed by atoms with van der Waals surface area (Å²) in [6, 6.07) is 0. The van der Waals surface area contributed by atoms with Crippen LogP contribution in [0.1, 0.15) is 1.43 Å². The van der Waals surface area contributed by atoms with Gasteiger partial charge in [-0.2, -0.15) is 24.6 Å². The molecule has 0 fully saturated rings. The average molecular weight is 499 g/mol. The molecule has 0 unspecified atom stereocenters. The third-order valence-corrected chi connectivity index (χ3v) is 0. The van der Waals surface area contributed by atoms with E-state index in [1.54, 1.807) is 0 Å². The first-order chi connectivity index (χ1) is 10.4. The Morgan fingerprint density at radius 1 is 0.400 bits per heavy atom. The molecule has 13 nitrogen and oxygen atoms in total. The Morgan fingerprint density at radius 2 is 0.400 bits per heavy atom. The molecule has 0 aliphatic heterocycles. The number of halogens is 6. The van der Waals surface area contributed by atoms with E-state index < -0.39 is 55.6 Å². The molecule has 0 spiro atoms. The SMILES string of the molecule is N.O=[Si](O)F.O=[Si](O)F.O=[Si](O)F.O=[Si](O)F.O=[Si](O)F.O=[Si](O)F.[H+]. The van der Waals surface area contributed by atoms with Gasteiger partial charge in [-0.05, 0) is 0 Å². The van der Waals surface area contributed by atoms with E-state index in [2.05, 4.69) is 0 Å². The summed E-state index contributed by atoms with van der Waals surface area (Å²) in [5.41, 5.74) is 0. The van der Waals surface area contributed by atoms with Crippen molar-refractivity contribution in [3.05, 3.63) is 0 Å². The zero-order valence-electron chi connectivity index (χ0n) is 12.1. The monoisotopic (exact) mass is 498 g/mol. The van der Waals surface area contributed by atoms with Gasteiger partial charge in [0.1, 0.15) is 0 Å². The van der Waals surface area contributed by atoms with Crippen molar-refractivity contribution in [2.45, 2.75) is 0 Å². The Balaban J connectivity index is -0.0000000245. The summed E-state index contributed by atoms with van der Waals surface area (Å²) < 4.78 is 112. The van der Waals surface area contributed by atoms with E-state index >= 15 is 0 Å². The third-order valence-electron chi connectivity index (χ3n) is 0. The lowest BCUT2D eigenvalue weighted by atomic mass is 14.0. The molecular weight excluding hydrogens is 488 g/mol. The highest BCUT2D eigenvalue weighted by molar-refractivity contribution is 6.24. The summed E-state index contributed by atoms with van der Waals surface area (Å²) in [6.45, 7) is 0. The molecule has 0 aliphatic rings. The first-order valence-electron chi connectivity index (χ1n) is 3.70. The van der Waals surface area contributed by atoms with Crippen molar-refractivity contribution in [2.75, 3.05) is 0 Å². The van der Waals surface area contributed by atoms with Crippen LogP contribution in [0.5, 0.6) is 0 Å². The van der Waals surface area contributed by atoms with Crippen molar-refractivity contribution in [3.8, 4) is 0 Å². The number of hydrogen-bond acceptors (Lipinski definition) is 7. The molecule has 0 rings (SSSR count). The smallest absolute Gasteiger partial charge is 0.517 e. The number of hydrogen-bond donors (Lipinski definition) is 7. The van der Waals surface area contributed by atoms with E-state index in [0.717, 1.165) is 0 Å². The summed E-state index contributed by atoms with van der Waals surface area (Å²) in [4.78, 5) is 41.6. The molecule has 0 aromatic heterocycles. The fraction of sp³-hybridized carbons (Fsp3) is 0. The van der Waals surface area contributed by atoms with Gasteiger partial charge in [0.2, 0.25) is 0 Å². The Labute approximate surface area is 144 Å². The molecule has 25 heteroatoms. The average Bonchev–Trinajstić information content (AvgIpc) is 2.08. The van der Waals surface area contributed by atoms with Gasteiger partial charge in [-0.25, -0.2) is 0 Å². The van der Waals surface area contributed by atoms with Crippen LogP contribution < -0.4 is 6.15 Å². The quantitative estimate of drug-likeness (QED) is 0.0970. The van der Waals surface area contributed by atoms with Gasteiger partial charge in [0, 0.05) is 0 Å². The minimum atomic E-state index is -3.63. The summed E-state index contributed by atoms with van der Waals surface area (Å²) in [5.74, 6) is 0. The molecule has 0 bridgehead atoms. The van der Waals surface area contributed by atoms with Crippen LogP contribution in [0.25, 0.3) is 0 Å². The Bertz CT molecular complexity index is 279. The van der Waals surface area contributed by atoms with E-state index in [-0.39, 0.29) is 7.58 Å². The predicted octanol–water partition coefficient (Wildman–Crippen LogP) is -3.54. The van der Waals surface area contributed by atoms with Crippen LogP contribution in [-0.2, 0) is 26.8 Å². The maximum absolute atomic E-state index is 10.1. The van der Waals surface area contributed by atoms with Crippen molar-refractivity contribution < 1.29 is 81.6 Å². The van der Waals surface area contributed by atoms with Crippen LogP contribution in [0, 0.1) is 0 Å². The van der Waals surface area contributed by atoms with E-state index in [1.807, 2.05) is 0 Å². The molecule has 0 amide bonds. The van der Waals surface area contributed by atoms with Gasteiger partial charge in [0.15, 0.2) is 0 Å². The molecule has 152 valence electrons.